The van der Waals surface area contributed by atoms with E-state index in [1.54, 1.807) is 48.5 Å². The number of anilines is 1. The lowest BCUT2D eigenvalue weighted by molar-refractivity contribution is -0.121. The molecule has 0 atom stereocenters. The van der Waals surface area contributed by atoms with E-state index in [1.165, 1.54) is 29.4 Å². The highest BCUT2D eigenvalue weighted by molar-refractivity contribution is 7.90. The molecular weight excluding hydrogens is 432 g/mol. The number of furan rings is 1. The molecule has 0 spiro atoms. The van der Waals surface area contributed by atoms with Crippen molar-refractivity contribution in [3.8, 4) is 6.07 Å². The topological polar surface area (TPSA) is 118 Å². The second-order valence-corrected chi connectivity index (χ2v) is 8.70. The molecular formula is C23H20N2O6S. The van der Waals surface area contributed by atoms with Gasteiger partial charge in [0.1, 0.15) is 0 Å². The summed E-state index contributed by atoms with van der Waals surface area (Å²) in [6.07, 6.45) is 1.30. The SMILES string of the molecule is N#CCCN(C(=O)COC(=O)c1occc1CS(=O)(=O)c1ccccc1)c1ccccc1. The third-order valence-corrected chi connectivity index (χ3v) is 6.20. The second-order valence-electron chi connectivity index (χ2n) is 6.71. The minimum atomic E-state index is -3.70. The van der Waals surface area contributed by atoms with Crippen LogP contribution in [0.25, 0.3) is 0 Å². The molecule has 1 heterocycles. The number of nitriles is 1. The number of carbonyl (C=O) groups excluding carboxylic acids is 2. The number of esters is 1. The Bertz CT molecular complexity index is 1210. The largest absolute Gasteiger partial charge is 0.457 e. The van der Waals surface area contributed by atoms with Crippen LogP contribution in [0.15, 0.2) is 82.3 Å². The van der Waals surface area contributed by atoms with Gasteiger partial charge in [0.25, 0.3) is 5.91 Å². The van der Waals surface area contributed by atoms with Crippen LogP contribution >= 0.6 is 0 Å². The highest BCUT2D eigenvalue weighted by Crippen LogP contribution is 2.21. The summed E-state index contributed by atoms with van der Waals surface area (Å²) in [5.74, 6) is -2.20. The number of amides is 1. The van der Waals surface area contributed by atoms with Gasteiger partial charge in [0.2, 0.25) is 5.76 Å². The number of sulfone groups is 1. The van der Waals surface area contributed by atoms with Crippen molar-refractivity contribution in [2.24, 2.45) is 0 Å². The molecule has 0 aliphatic carbocycles. The Morgan fingerprint density at radius 1 is 1.00 bits per heavy atom. The molecule has 3 rings (SSSR count). The lowest BCUT2D eigenvalue weighted by Gasteiger charge is -2.21. The molecule has 0 saturated heterocycles. The first-order valence-corrected chi connectivity index (χ1v) is 11.3. The third-order valence-electron chi connectivity index (χ3n) is 4.52. The first-order valence-electron chi connectivity index (χ1n) is 9.66. The first-order chi connectivity index (χ1) is 15.4. The molecule has 0 aliphatic heterocycles. The summed E-state index contributed by atoms with van der Waals surface area (Å²) in [5.41, 5.74) is 0.701. The number of carbonyl (C=O) groups is 2. The minimum absolute atomic E-state index is 0.105. The summed E-state index contributed by atoms with van der Waals surface area (Å²) in [6, 6.07) is 19.9. The molecule has 1 aromatic heterocycles. The number of hydrogen-bond acceptors (Lipinski definition) is 7. The second kappa shape index (κ2) is 10.4. The maximum atomic E-state index is 12.6. The Labute approximate surface area is 185 Å². The van der Waals surface area contributed by atoms with Gasteiger partial charge in [0.05, 0.1) is 29.4 Å². The average molecular weight is 452 g/mol. The van der Waals surface area contributed by atoms with E-state index < -0.39 is 34.1 Å². The summed E-state index contributed by atoms with van der Waals surface area (Å²) in [5, 5.41) is 8.86. The van der Waals surface area contributed by atoms with Crippen molar-refractivity contribution in [3.05, 3.63) is 84.3 Å². The van der Waals surface area contributed by atoms with Gasteiger partial charge in [-0.15, -0.1) is 0 Å². The zero-order valence-corrected chi connectivity index (χ0v) is 17.8. The van der Waals surface area contributed by atoms with Crippen molar-refractivity contribution in [2.45, 2.75) is 17.1 Å². The zero-order valence-electron chi connectivity index (χ0n) is 17.0. The molecule has 0 unspecified atom stereocenters. The first kappa shape index (κ1) is 22.8. The van der Waals surface area contributed by atoms with Crippen molar-refractivity contribution in [3.63, 3.8) is 0 Å². The van der Waals surface area contributed by atoms with Crippen LogP contribution in [0.2, 0.25) is 0 Å². The van der Waals surface area contributed by atoms with Crippen LogP contribution in [0.1, 0.15) is 22.5 Å². The van der Waals surface area contributed by atoms with Crippen LogP contribution in [0.5, 0.6) is 0 Å². The van der Waals surface area contributed by atoms with Crippen LogP contribution < -0.4 is 4.90 Å². The van der Waals surface area contributed by atoms with Crippen molar-refractivity contribution < 1.29 is 27.2 Å². The lowest BCUT2D eigenvalue weighted by atomic mass is 10.2. The van der Waals surface area contributed by atoms with Gasteiger partial charge in [0.15, 0.2) is 16.4 Å². The fraction of sp³-hybridized carbons (Fsp3) is 0.174. The van der Waals surface area contributed by atoms with Crippen LogP contribution in [0.3, 0.4) is 0 Å². The highest BCUT2D eigenvalue weighted by Gasteiger charge is 2.25. The van der Waals surface area contributed by atoms with E-state index in [-0.39, 0.29) is 29.2 Å². The lowest BCUT2D eigenvalue weighted by Crippen LogP contribution is -2.35. The average Bonchev–Trinajstić information content (AvgIpc) is 3.26. The van der Waals surface area contributed by atoms with Crippen molar-refractivity contribution in [2.75, 3.05) is 18.1 Å². The Morgan fingerprint density at radius 2 is 1.66 bits per heavy atom. The normalized spacial score (nSPS) is 10.8. The predicted molar refractivity (Wildman–Crippen MR) is 115 cm³/mol. The molecule has 2 aromatic carbocycles. The Morgan fingerprint density at radius 3 is 2.31 bits per heavy atom. The van der Waals surface area contributed by atoms with E-state index in [4.69, 9.17) is 14.4 Å². The molecule has 3 aromatic rings. The van der Waals surface area contributed by atoms with Crippen molar-refractivity contribution in [1.29, 1.82) is 5.26 Å². The van der Waals surface area contributed by atoms with E-state index in [1.807, 2.05) is 6.07 Å². The molecule has 0 bridgehead atoms. The van der Waals surface area contributed by atoms with Gasteiger partial charge in [0, 0.05) is 17.8 Å². The molecule has 0 N–H and O–H groups in total. The van der Waals surface area contributed by atoms with Crippen LogP contribution in [0.4, 0.5) is 5.69 Å². The van der Waals surface area contributed by atoms with Crippen molar-refractivity contribution in [1.82, 2.24) is 0 Å². The number of hydrogen-bond donors (Lipinski definition) is 0. The summed E-state index contributed by atoms with van der Waals surface area (Å²) in [6.45, 7) is -0.455. The zero-order chi connectivity index (χ0) is 23.0. The fourth-order valence-corrected chi connectivity index (χ4v) is 4.36. The molecule has 0 aliphatic rings. The number of para-hydroxylation sites is 1. The van der Waals surface area contributed by atoms with Crippen LogP contribution in [0, 0.1) is 11.3 Å². The van der Waals surface area contributed by atoms with Gasteiger partial charge in [-0.2, -0.15) is 5.26 Å². The van der Waals surface area contributed by atoms with Gasteiger partial charge in [-0.1, -0.05) is 36.4 Å². The number of ether oxygens (including phenoxy) is 1. The molecule has 8 nitrogen and oxygen atoms in total. The highest BCUT2D eigenvalue weighted by atomic mass is 32.2. The van der Waals surface area contributed by atoms with Gasteiger partial charge >= 0.3 is 5.97 Å². The molecule has 9 heteroatoms. The molecule has 32 heavy (non-hydrogen) atoms. The smallest absolute Gasteiger partial charge is 0.375 e. The maximum Gasteiger partial charge on any atom is 0.375 e. The summed E-state index contributed by atoms with van der Waals surface area (Å²) >= 11 is 0. The van der Waals surface area contributed by atoms with E-state index >= 15 is 0 Å². The Balaban J connectivity index is 1.68. The van der Waals surface area contributed by atoms with E-state index in [0.29, 0.717) is 5.69 Å². The molecule has 0 fully saturated rings. The quantitative estimate of drug-likeness (QED) is 0.457. The summed E-state index contributed by atoms with van der Waals surface area (Å²) in [7, 11) is -3.70. The van der Waals surface area contributed by atoms with Crippen LogP contribution in [-0.4, -0.2) is 33.4 Å². The number of benzene rings is 2. The monoisotopic (exact) mass is 452 g/mol. The summed E-state index contributed by atoms with van der Waals surface area (Å²) in [4.78, 5) is 26.6. The number of nitrogens with zero attached hydrogens (tertiary/aromatic N) is 2. The van der Waals surface area contributed by atoms with E-state index in [0.717, 1.165) is 0 Å². The van der Waals surface area contributed by atoms with Gasteiger partial charge in [-0.05, 0) is 30.3 Å². The Kier molecular flexibility index (Phi) is 7.41. The molecule has 1 amide bonds. The van der Waals surface area contributed by atoms with E-state index in [2.05, 4.69) is 0 Å². The molecule has 164 valence electrons. The van der Waals surface area contributed by atoms with E-state index in [9.17, 15) is 18.0 Å². The third kappa shape index (κ3) is 5.62. The molecule has 0 saturated carbocycles. The van der Waals surface area contributed by atoms with Gasteiger partial charge < -0.3 is 14.1 Å². The fourth-order valence-electron chi connectivity index (χ4n) is 2.98. The Hall–Kier alpha value is -3.90. The number of rotatable bonds is 9. The standard InChI is InChI=1S/C23H20N2O6S/c24-13-7-14-25(19-8-3-1-4-9-19)21(26)16-31-23(27)22-18(12-15-30-22)17-32(28,29)20-10-5-2-6-11-20/h1-6,8-12,15H,7,14,16-17H2. The van der Waals surface area contributed by atoms with Crippen molar-refractivity contribution >= 4 is 27.4 Å². The maximum absolute atomic E-state index is 12.6. The summed E-state index contributed by atoms with van der Waals surface area (Å²) < 4.78 is 35.4. The van der Waals surface area contributed by atoms with Gasteiger partial charge in [-0.25, -0.2) is 13.2 Å². The van der Waals surface area contributed by atoms with Crippen LogP contribution in [-0.2, 0) is 25.1 Å². The predicted octanol–water partition coefficient (Wildman–Crippen LogP) is 3.36. The molecule has 0 radical (unpaired) electrons. The van der Waals surface area contributed by atoms with Gasteiger partial charge in [-0.3, -0.25) is 4.79 Å². The minimum Gasteiger partial charge on any atom is -0.457 e.